The molecule has 5 rings (SSSR count). The number of nitrogens with one attached hydrogen (secondary N) is 1. The van der Waals surface area contributed by atoms with Crippen molar-refractivity contribution in [2.45, 2.75) is 25.7 Å². The van der Waals surface area contributed by atoms with Crippen molar-refractivity contribution >= 4 is 29.7 Å². The molecule has 0 saturated carbocycles. The second-order valence-electron chi connectivity index (χ2n) is 10.4. The summed E-state index contributed by atoms with van der Waals surface area (Å²) >= 11 is 0. The van der Waals surface area contributed by atoms with E-state index < -0.39 is 0 Å². The van der Waals surface area contributed by atoms with Gasteiger partial charge in [0.1, 0.15) is 17.7 Å². The van der Waals surface area contributed by atoms with Gasteiger partial charge < -0.3 is 15.1 Å². The first-order valence-corrected chi connectivity index (χ1v) is 13.3. The summed E-state index contributed by atoms with van der Waals surface area (Å²) in [6.07, 6.45) is 10.1. The molecule has 10 heteroatoms. The monoisotopic (exact) mass is 527 g/mol. The maximum absolute atomic E-state index is 12.9. The van der Waals surface area contributed by atoms with Crippen molar-refractivity contribution < 1.29 is 14.2 Å². The number of pyridine rings is 1. The molecule has 4 heterocycles. The smallest absolute Gasteiger partial charge is 0.264 e. The highest BCUT2D eigenvalue weighted by Gasteiger charge is 2.46. The van der Waals surface area contributed by atoms with E-state index in [1.807, 2.05) is 43.4 Å². The molecule has 10 nitrogen and oxygen atoms in total. The van der Waals surface area contributed by atoms with Gasteiger partial charge in [-0.15, -0.1) is 4.59 Å². The number of nitrogens with zero attached hydrogens (tertiary/aromatic N) is 6. The van der Waals surface area contributed by atoms with E-state index in [0.29, 0.717) is 30.2 Å². The lowest BCUT2D eigenvalue weighted by atomic mass is 9.93. The number of quaternary nitrogens is 1. The molecule has 3 aliphatic heterocycles. The predicted octanol–water partition coefficient (Wildman–Crippen LogP) is 3.13. The lowest BCUT2D eigenvalue weighted by Gasteiger charge is -2.33. The highest BCUT2D eigenvalue weighted by molar-refractivity contribution is 6.05. The number of rotatable bonds is 8. The number of nitrogens with two attached hydrogens (primary N) is 1. The van der Waals surface area contributed by atoms with Crippen molar-refractivity contribution in [3.63, 3.8) is 0 Å². The topological polar surface area (TPSA) is 116 Å². The van der Waals surface area contributed by atoms with Crippen LogP contribution in [0.25, 0.3) is 0 Å². The van der Waals surface area contributed by atoms with Crippen LogP contribution in [0.5, 0.6) is 0 Å². The predicted molar refractivity (Wildman–Crippen MR) is 151 cm³/mol. The SMILES string of the molecule is CN(C)CCCC(=O)N1CCCC(C2=C3C=NC=C[N+]3(N)C(c3ccc(C(=O)Nc4ccccn4)cc3)=N2)C1. The zero-order valence-corrected chi connectivity index (χ0v) is 22.5. The van der Waals surface area contributed by atoms with Crippen molar-refractivity contribution in [1.29, 1.82) is 0 Å². The summed E-state index contributed by atoms with van der Waals surface area (Å²) in [5, 5.41) is 2.80. The Bertz CT molecular complexity index is 1350. The summed E-state index contributed by atoms with van der Waals surface area (Å²) in [6, 6.07) is 12.6. The number of fused-ring (bicyclic) bond motifs is 1. The molecule has 0 bridgehead atoms. The Morgan fingerprint density at radius 2 is 2.00 bits per heavy atom. The molecule has 2 unspecified atom stereocenters. The molecule has 2 atom stereocenters. The van der Waals surface area contributed by atoms with Gasteiger partial charge >= 0.3 is 0 Å². The molecule has 0 spiro atoms. The van der Waals surface area contributed by atoms with Gasteiger partial charge in [-0.3, -0.25) is 14.6 Å². The summed E-state index contributed by atoms with van der Waals surface area (Å²) < 4.78 is -0.0917. The zero-order valence-electron chi connectivity index (χ0n) is 22.5. The Morgan fingerprint density at radius 1 is 1.18 bits per heavy atom. The van der Waals surface area contributed by atoms with E-state index in [9.17, 15) is 9.59 Å². The van der Waals surface area contributed by atoms with Crippen LogP contribution in [0.15, 0.2) is 82.4 Å². The first-order chi connectivity index (χ1) is 18.8. The maximum Gasteiger partial charge on any atom is 0.264 e. The zero-order chi connectivity index (χ0) is 27.4. The number of aliphatic imine (C=N–C) groups is 2. The molecule has 0 radical (unpaired) electrons. The van der Waals surface area contributed by atoms with Gasteiger partial charge in [-0.1, -0.05) is 6.07 Å². The Balaban J connectivity index is 1.35. The van der Waals surface area contributed by atoms with Gasteiger partial charge in [-0.05, 0) is 76.3 Å². The van der Waals surface area contributed by atoms with Crippen molar-refractivity contribution in [1.82, 2.24) is 14.8 Å². The third kappa shape index (κ3) is 5.73. The van der Waals surface area contributed by atoms with Crippen LogP contribution in [-0.2, 0) is 4.79 Å². The van der Waals surface area contributed by atoms with E-state index in [-0.39, 0.29) is 22.3 Å². The van der Waals surface area contributed by atoms with E-state index in [2.05, 4.69) is 20.2 Å². The summed E-state index contributed by atoms with van der Waals surface area (Å²) in [5.74, 6) is 8.10. The molecule has 202 valence electrons. The van der Waals surface area contributed by atoms with Crippen molar-refractivity contribution in [3.05, 3.63) is 83.6 Å². The van der Waals surface area contributed by atoms with Crippen LogP contribution in [-0.4, -0.2) is 77.0 Å². The van der Waals surface area contributed by atoms with Crippen LogP contribution in [0.2, 0.25) is 0 Å². The van der Waals surface area contributed by atoms with E-state index in [1.165, 1.54) is 0 Å². The largest absolute Gasteiger partial charge is 0.342 e. The number of benzene rings is 1. The fourth-order valence-electron chi connectivity index (χ4n) is 5.23. The lowest BCUT2D eigenvalue weighted by molar-refractivity contribution is -0.750. The minimum absolute atomic E-state index is 0.0754. The number of allylic oxidation sites excluding steroid dienone is 1. The minimum Gasteiger partial charge on any atom is -0.342 e. The number of aromatic nitrogens is 1. The number of carbonyl (C=O) groups is 2. The molecule has 2 aromatic rings. The molecule has 1 fully saturated rings. The molecule has 0 aliphatic carbocycles. The first kappa shape index (κ1) is 26.6. The summed E-state index contributed by atoms with van der Waals surface area (Å²) in [6.45, 7) is 2.29. The molecule has 1 aromatic carbocycles. The fraction of sp³-hybridized carbons (Fsp3) is 0.345. The van der Waals surface area contributed by atoms with Crippen LogP contribution in [0.4, 0.5) is 5.82 Å². The van der Waals surface area contributed by atoms with Gasteiger partial charge in [-0.2, -0.15) is 10.8 Å². The van der Waals surface area contributed by atoms with Crippen molar-refractivity contribution in [2.75, 3.05) is 39.0 Å². The number of carbonyl (C=O) groups excluding carboxylic acids is 2. The third-order valence-corrected chi connectivity index (χ3v) is 7.29. The minimum atomic E-state index is -0.243. The van der Waals surface area contributed by atoms with Crippen LogP contribution in [0, 0.1) is 5.92 Å². The first-order valence-electron chi connectivity index (χ1n) is 13.3. The number of hydrogen-bond donors (Lipinski definition) is 2. The molecular formula is C29H35N8O2+. The second kappa shape index (κ2) is 11.4. The number of piperidine rings is 1. The Hall–Kier alpha value is -3.99. The number of amidine groups is 1. The molecule has 1 saturated heterocycles. The molecule has 3 N–H and O–H groups in total. The maximum atomic E-state index is 12.9. The average molecular weight is 528 g/mol. The molecular weight excluding hydrogens is 492 g/mol. The average Bonchev–Trinajstić information content (AvgIpc) is 3.26. The highest BCUT2D eigenvalue weighted by Crippen LogP contribution is 2.37. The van der Waals surface area contributed by atoms with E-state index >= 15 is 0 Å². The van der Waals surface area contributed by atoms with Gasteiger partial charge in [-0.25, -0.2) is 4.98 Å². The summed E-state index contributed by atoms with van der Waals surface area (Å²) in [4.78, 5) is 43.3. The fourth-order valence-corrected chi connectivity index (χ4v) is 5.23. The Labute approximate surface area is 228 Å². The standard InChI is InChI=1S/C29H34N8O2/c1-35(2)16-6-9-26(38)36-17-5-7-23(20-36)27-24-19-31-15-18-37(24,30)28(34-27)21-10-12-22(13-11-21)29(39)33-25-8-3-4-14-32-25/h3-4,8,10-15,18-19,23H,5-7,9,16-17,20,30H2,1-2H3/p+1. The summed E-state index contributed by atoms with van der Waals surface area (Å²) in [7, 11) is 4.04. The van der Waals surface area contributed by atoms with Crippen LogP contribution >= 0.6 is 0 Å². The number of hydrogen-bond acceptors (Lipinski definition) is 7. The number of amides is 2. The third-order valence-electron chi connectivity index (χ3n) is 7.29. The summed E-state index contributed by atoms with van der Waals surface area (Å²) in [5.41, 5.74) is 3.01. The van der Waals surface area contributed by atoms with Gasteiger partial charge in [0.05, 0.1) is 18.0 Å². The normalized spacial score (nSPS) is 22.2. The number of likely N-dealkylation sites (tertiary alicyclic amines) is 1. The number of anilines is 1. The molecule has 1 aromatic heterocycles. The lowest BCUT2D eigenvalue weighted by Crippen LogP contribution is -2.53. The molecule has 2 amide bonds. The molecule has 3 aliphatic rings. The van der Waals surface area contributed by atoms with E-state index in [1.54, 1.807) is 42.9 Å². The van der Waals surface area contributed by atoms with Gasteiger partial charge in [0.25, 0.3) is 11.7 Å². The highest BCUT2D eigenvalue weighted by atomic mass is 16.2. The second-order valence-corrected chi connectivity index (χ2v) is 10.4. The van der Waals surface area contributed by atoms with Gasteiger partial charge in [0.15, 0.2) is 0 Å². The van der Waals surface area contributed by atoms with E-state index in [4.69, 9.17) is 10.8 Å². The quantitative estimate of drug-likeness (QED) is 0.404. The van der Waals surface area contributed by atoms with Gasteiger partial charge in [0, 0.05) is 37.2 Å². The van der Waals surface area contributed by atoms with Crippen LogP contribution in [0.1, 0.15) is 41.6 Å². The van der Waals surface area contributed by atoms with Crippen LogP contribution in [0.3, 0.4) is 0 Å². The van der Waals surface area contributed by atoms with Crippen molar-refractivity contribution in [3.8, 4) is 0 Å². The van der Waals surface area contributed by atoms with Crippen LogP contribution < -0.4 is 11.2 Å². The molecule has 39 heavy (non-hydrogen) atoms. The Morgan fingerprint density at radius 3 is 2.74 bits per heavy atom. The Kier molecular flexibility index (Phi) is 7.78. The van der Waals surface area contributed by atoms with E-state index in [0.717, 1.165) is 49.3 Å². The van der Waals surface area contributed by atoms with Gasteiger partial charge in [0.2, 0.25) is 11.6 Å². The van der Waals surface area contributed by atoms with Crippen molar-refractivity contribution in [2.24, 2.45) is 21.7 Å².